The van der Waals surface area contributed by atoms with Gasteiger partial charge in [-0.15, -0.1) is 0 Å². The highest BCUT2D eigenvalue weighted by Gasteiger charge is 2.35. The first-order chi connectivity index (χ1) is 12.2. The smallest absolute Gasteiger partial charge is 0.281 e. The third-order valence-corrected chi connectivity index (χ3v) is 5.02. The van der Waals surface area contributed by atoms with Gasteiger partial charge in [-0.1, -0.05) is 44.2 Å². The van der Waals surface area contributed by atoms with Crippen LogP contribution >= 0.6 is 0 Å². The Labute approximate surface area is 150 Å². The molecule has 1 unspecified atom stereocenters. The Kier molecular flexibility index (Phi) is 4.61. The molecule has 3 aromatic rings. The zero-order valence-corrected chi connectivity index (χ0v) is 14.8. The second-order valence-corrected chi connectivity index (χ2v) is 6.82. The lowest BCUT2D eigenvalue weighted by Gasteiger charge is -2.33. The van der Waals surface area contributed by atoms with Crippen LogP contribution < -0.4 is 0 Å². The van der Waals surface area contributed by atoms with Crippen LogP contribution in [0.25, 0.3) is 11.3 Å². The molecular formula is C20H20F3N3. The Morgan fingerprint density at radius 2 is 1.69 bits per heavy atom. The standard InChI is InChI=1S/C20H20F3N3/c1-13(2)19(3,15-7-5-4-6-8-15)18-11-16(25-26-18)14-9-10-17(24-12-14)20(21,22)23/h4-13H,1-3H3,(H,25,26). The van der Waals surface area contributed by atoms with Gasteiger partial charge < -0.3 is 0 Å². The van der Waals surface area contributed by atoms with Gasteiger partial charge in [-0.2, -0.15) is 18.3 Å². The van der Waals surface area contributed by atoms with E-state index in [1.807, 2.05) is 24.3 Å². The van der Waals surface area contributed by atoms with Gasteiger partial charge >= 0.3 is 6.18 Å². The van der Waals surface area contributed by atoms with Gasteiger partial charge in [-0.25, -0.2) is 0 Å². The van der Waals surface area contributed by atoms with Crippen LogP contribution in [0.3, 0.4) is 0 Å². The van der Waals surface area contributed by atoms with Gasteiger partial charge in [0.2, 0.25) is 0 Å². The molecule has 0 aliphatic carbocycles. The van der Waals surface area contributed by atoms with E-state index in [0.29, 0.717) is 11.3 Å². The normalized spacial score (nSPS) is 14.4. The Morgan fingerprint density at radius 1 is 1.00 bits per heavy atom. The lowest BCUT2D eigenvalue weighted by Crippen LogP contribution is -2.30. The topological polar surface area (TPSA) is 41.6 Å². The largest absolute Gasteiger partial charge is 0.433 e. The first kappa shape index (κ1) is 18.2. The molecular weight excluding hydrogens is 339 g/mol. The monoisotopic (exact) mass is 359 g/mol. The van der Waals surface area contributed by atoms with E-state index in [9.17, 15) is 13.2 Å². The molecule has 0 saturated carbocycles. The van der Waals surface area contributed by atoms with Crippen LogP contribution in [0.1, 0.15) is 37.7 Å². The molecule has 6 heteroatoms. The Bertz CT molecular complexity index is 867. The van der Waals surface area contributed by atoms with Crippen molar-refractivity contribution in [1.82, 2.24) is 15.2 Å². The van der Waals surface area contributed by atoms with Crippen molar-refractivity contribution in [1.29, 1.82) is 0 Å². The van der Waals surface area contributed by atoms with Crippen LogP contribution in [-0.4, -0.2) is 15.2 Å². The maximum atomic E-state index is 12.7. The summed E-state index contributed by atoms with van der Waals surface area (Å²) in [4.78, 5) is 3.51. The van der Waals surface area contributed by atoms with Crippen LogP contribution in [0.4, 0.5) is 13.2 Å². The summed E-state index contributed by atoms with van der Waals surface area (Å²) >= 11 is 0. The third kappa shape index (κ3) is 3.23. The fourth-order valence-corrected chi connectivity index (χ4v) is 3.03. The lowest BCUT2D eigenvalue weighted by molar-refractivity contribution is -0.141. The Morgan fingerprint density at radius 3 is 2.23 bits per heavy atom. The summed E-state index contributed by atoms with van der Waals surface area (Å²) in [6.07, 6.45) is -3.24. The molecule has 136 valence electrons. The van der Waals surface area contributed by atoms with E-state index in [1.54, 1.807) is 0 Å². The second-order valence-electron chi connectivity index (χ2n) is 6.82. The van der Waals surface area contributed by atoms with Crippen molar-refractivity contribution in [3.63, 3.8) is 0 Å². The minimum atomic E-state index is -4.45. The van der Waals surface area contributed by atoms with Gasteiger partial charge in [0.05, 0.1) is 5.69 Å². The lowest BCUT2D eigenvalue weighted by atomic mass is 9.71. The quantitative estimate of drug-likeness (QED) is 0.673. The number of H-pyrrole nitrogens is 1. The van der Waals surface area contributed by atoms with Gasteiger partial charge in [0.25, 0.3) is 0 Å². The number of nitrogens with one attached hydrogen (secondary N) is 1. The summed E-state index contributed by atoms with van der Waals surface area (Å²) in [5, 5.41) is 7.38. The van der Waals surface area contributed by atoms with Crippen molar-refractivity contribution < 1.29 is 13.2 Å². The molecule has 3 rings (SSSR count). The minimum absolute atomic E-state index is 0.281. The highest BCUT2D eigenvalue weighted by molar-refractivity contribution is 5.59. The SMILES string of the molecule is CC(C)C(C)(c1ccccc1)c1cc(-c2ccc(C(F)(F)F)nc2)n[nH]1. The van der Waals surface area contributed by atoms with Crippen molar-refractivity contribution in [2.24, 2.45) is 5.92 Å². The maximum absolute atomic E-state index is 12.7. The van der Waals surface area contributed by atoms with E-state index in [-0.39, 0.29) is 11.3 Å². The molecule has 0 amide bonds. The summed E-state index contributed by atoms with van der Waals surface area (Å²) in [6, 6.07) is 14.3. The molecule has 0 saturated heterocycles. The second kappa shape index (κ2) is 6.59. The van der Waals surface area contributed by atoms with Crippen molar-refractivity contribution in [2.45, 2.75) is 32.4 Å². The van der Waals surface area contributed by atoms with Gasteiger partial charge in [-0.05, 0) is 36.6 Å². The number of halogens is 3. The van der Waals surface area contributed by atoms with E-state index >= 15 is 0 Å². The number of aromatic nitrogens is 3. The zero-order valence-electron chi connectivity index (χ0n) is 14.8. The van der Waals surface area contributed by atoms with E-state index in [1.165, 1.54) is 12.3 Å². The molecule has 0 aliphatic rings. The molecule has 0 radical (unpaired) electrons. The third-order valence-electron chi connectivity index (χ3n) is 5.02. The number of alkyl halides is 3. The van der Waals surface area contributed by atoms with Crippen molar-refractivity contribution in [3.8, 4) is 11.3 Å². The summed E-state index contributed by atoms with van der Waals surface area (Å²) in [5.41, 5.74) is 1.97. The molecule has 2 aromatic heterocycles. The van der Waals surface area contributed by atoms with Crippen LogP contribution in [0.15, 0.2) is 54.7 Å². The molecule has 26 heavy (non-hydrogen) atoms. The summed E-state index contributed by atoms with van der Waals surface area (Å²) in [7, 11) is 0. The molecule has 0 bridgehead atoms. The number of rotatable bonds is 4. The molecule has 2 heterocycles. The number of hydrogen-bond donors (Lipinski definition) is 1. The summed E-state index contributed by atoms with van der Waals surface area (Å²) < 4.78 is 38.0. The zero-order chi connectivity index (χ0) is 18.9. The summed E-state index contributed by atoms with van der Waals surface area (Å²) in [5.74, 6) is 0.281. The van der Waals surface area contributed by atoms with Crippen molar-refractivity contribution >= 4 is 0 Å². The minimum Gasteiger partial charge on any atom is -0.281 e. The number of pyridine rings is 1. The molecule has 0 fully saturated rings. The fourth-order valence-electron chi connectivity index (χ4n) is 3.03. The highest BCUT2D eigenvalue weighted by Crippen LogP contribution is 2.39. The maximum Gasteiger partial charge on any atom is 0.433 e. The van der Waals surface area contributed by atoms with Crippen molar-refractivity contribution in [2.75, 3.05) is 0 Å². The van der Waals surface area contributed by atoms with Crippen LogP contribution in [0.5, 0.6) is 0 Å². The predicted octanol–water partition coefficient (Wildman–Crippen LogP) is 5.45. The first-order valence-corrected chi connectivity index (χ1v) is 8.38. The van der Waals surface area contributed by atoms with Gasteiger partial charge in [0.15, 0.2) is 0 Å². The highest BCUT2D eigenvalue weighted by atomic mass is 19.4. The van der Waals surface area contributed by atoms with Gasteiger partial charge in [-0.3, -0.25) is 10.1 Å². The number of nitrogens with zero attached hydrogens (tertiary/aromatic N) is 2. The number of hydrogen-bond acceptors (Lipinski definition) is 2. The van der Waals surface area contributed by atoms with E-state index in [4.69, 9.17) is 0 Å². The molecule has 0 spiro atoms. The van der Waals surface area contributed by atoms with Gasteiger partial charge in [0.1, 0.15) is 5.69 Å². The summed E-state index contributed by atoms with van der Waals surface area (Å²) in [6.45, 7) is 6.40. The predicted molar refractivity (Wildman–Crippen MR) is 94.6 cm³/mol. The van der Waals surface area contributed by atoms with Crippen LogP contribution in [-0.2, 0) is 11.6 Å². The van der Waals surface area contributed by atoms with Gasteiger partial charge in [0, 0.05) is 22.9 Å². The van der Waals surface area contributed by atoms with E-state index < -0.39 is 11.9 Å². The Balaban J connectivity index is 1.98. The fraction of sp³-hybridized carbons (Fsp3) is 0.300. The number of aromatic amines is 1. The molecule has 1 atom stereocenters. The molecule has 3 nitrogen and oxygen atoms in total. The average molecular weight is 359 g/mol. The van der Waals surface area contributed by atoms with E-state index in [0.717, 1.165) is 17.3 Å². The van der Waals surface area contributed by atoms with Crippen molar-refractivity contribution in [3.05, 3.63) is 71.7 Å². The van der Waals surface area contributed by atoms with Crippen LogP contribution in [0.2, 0.25) is 0 Å². The number of benzene rings is 1. The molecule has 1 aromatic carbocycles. The van der Waals surface area contributed by atoms with E-state index in [2.05, 4.69) is 48.1 Å². The first-order valence-electron chi connectivity index (χ1n) is 8.38. The Hall–Kier alpha value is -2.63. The molecule has 0 aliphatic heterocycles. The molecule has 1 N–H and O–H groups in total. The van der Waals surface area contributed by atoms with Crippen LogP contribution in [0, 0.1) is 5.92 Å². The average Bonchev–Trinajstić information content (AvgIpc) is 3.11.